The molecule has 3 rings (SSSR count). The number of benzene rings is 1. The molecule has 13 heteroatoms. The van der Waals surface area contributed by atoms with Crippen LogP contribution in [0, 0.1) is 11.8 Å². The molecular weight excluding hydrogens is 562 g/mol. The van der Waals surface area contributed by atoms with Gasteiger partial charge >= 0.3 is 0 Å². The summed E-state index contributed by atoms with van der Waals surface area (Å²) in [6.07, 6.45) is -2.36. The molecule has 43 heavy (non-hydrogen) atoms. The minimum absolute atomic E-state index is 0.0264. The predicted octanol–water partition coefficient (Wildman–Crippen LogP) is 0.162. The Hall–Kier alpha value is -3.13. The summed E-state index contributed by atoms with van der Waals surface area (Å²) in [6, 6.07) is 0.656. The van der Waals surface area contributed by atoms with Crippen molar-refractivity contribution in [3.63, 3.8) is 0 Å². The number of nitrogens with one attached hydrogen (secondary N) is 1. The van der Waals surface area contributed by atoms with Gasteiger partial charge in [0.25, 0.3) is 5.91 Å². The van der Waals surface area contributed by atoms with Crippen molar-refractivity contribution in [1.82, 2.24) is 15.1 Å². The van der Waals surface area contributed by atoms with Crippen molar-refractivity contribution < 1.29 is 49.0 Å². The quantitative estimate of drug-likeness (QED) is 0.273. The average molecular weight is 610 g/mol. The largest absolute Gasteiger partial charge is 0.493 e. The molecule has 5 N–H and O–H groups in total. The zero-order valence-electron chi connectivity index (χ0n) is 25.7. The van der Waals surface area contributed by atoms with Crippen molar-refractivity contribution in [2.75, 3.05) is 47.6 Å². The van der Waals surface area contributed by atoms with Gasteiger partial charge in [0, 0.05) is 31.1 Å². The van der Waals surface area contributed by atoms with Gasteiger partial charge in [-0.05, 0) is 50.2 Å². The molecule has 1 aliphatic carbocycles. The first-order valence-corrected chi connectivity index (χ1v) is 14.8. The van der Waals surface area contributed by atoms with E-state index in [4.69, 9.17) is 14.2 Å². The van der Waals surface area contributed by atoms with Crippen LogP contribution >= 0.6 is 0 Å². The molecule has 5 atom stereocenters. The van der Waals surface area contributed by atoms with E-state index in [0.717, 1.165) is 12.8 Å². The van der Waals surface area contributed by atoms with Crippen LogP contribution in [0.2, 0.25) is 0 Å². The van der Waals surface area contributed by atoms with E-state index in [1.165, 1.54) is 43.3 Å². The molecule has 2 fully saturated rings. The molecule has 0 radical (unpaired) electrons. The topological polar surface area (TPSA) is 178 Å². The molecule has 0 spiro atoms. The number of rotatable bonds is 8. The Labute approximate surface area is 252 Å². The fourth-order valence-electron chi connectivity index (χ4n) is 5.37. The van der Waals surface area contributed by atoms with Crippen molar-refractivity contribution >= 4 is 17.7 Å². The van der Waals surface area contributed by atoms with Gasteiger partial charge in [-0.2, -0.15) is 0 Å². The van der Waals surface area contributed by atoms with Gasteiger partial charge in [0.05, 0.1) is 34.0 Å². The fraction of sp³-hybridized carbons (Fsp3) is 0.700. The molecule has 1 aromatic rings. The number of nitrogens with zero attached hydrogens (tertiary/aromatic N) is 2. The molecule has 2 aliphatic rings. The minimum Gasteiger partial charge on any atom is -0.493 e. The number of β-amino-alcohol motifs (C(OH)–C–C–N with tert-alkyl or cyclic N) is 1. The van der Waals surface area contributed by atoms with Crippen LogP contribution in [-0.2, 0) is 9.59 Å². The van der Waals surface area contributed by atoms with Crippen LogP contribution in [0.5, 0.6) is 17.2 Å². The lowest BCUT2D eigenvalue weighted by Gasteiger charge is -2.36. The van der Waals surface area contributed by atoms with Crippen molar-refractivity contribution in [3.05, 3.63) is 17.7 Å². The van der Waals surface area contributed by atoms with Gasteiger partial charge < -0.3 is 49.8 Å². The van der Waals surface area contributed by atoms with Gasteiger partial charge in [-0.25, -0.2) is 0 Å². The van der Waals surface area contributed by atoms with Crippen LogP contribution in [0.4, 0.5) is 0 Å². The van der Waals surface area contributed by atoms with Crippen LogP contribution in [0.15, 0.2) is 12.1 Å². The highest BCUT2D eigenvalue weighted by molar-refractivity contribution is 5.98. The maximum atomic E-state index is 14.2. The molecule has 3 amide bonds. The van der Waals surface area contributed by atoms with Crippen LogP contribution in [0.25, 0.3) is 0 Å². The summed E-state index contributed by atoms with van der Waals surface area (Å²) in [4.78, 5) is 43.8. The number of aliphatic hydroxyl groups is 4. The Kier molecular flexibility index (Phi) is 12.4. The van der Waals surface area contributed by atoms with Gasteiger partial charge in [0.2, 0.25) is 17.6 Å². The van der Waals surface area contributed by atoms with E-state index in [-0.39, 0.29) is 60.9 Å². The SMILES string of the molecule is COc1cc(C(=O)N2CCCCN(C(=O)C3CC3)C[C@H](O)[C@@H](O)[C@H](O)[C@H](CO)NC(=O)[C@@H]2CC(C)C)cc(OC)c1OC. The summed E-state index contributed by atoms with van der Waals surface area (Å²) < 4.78 is 16.3. The summed E-state index contributed by atoms with van der Waals surface area (Å²) in [6.45, 7) is 3.26. The van der Waals surface area contributed by atoms with Crippen LogP contribution in [0.1, 0.15) is 56.3 Å². The highest BCUT2D eigenvalue weighted by Crippen LogP contribution is 2.39. The zero-order valence-corrected chi connectivity index (χ0v) is 25.7. The second-order valence-electron chi connectivity index (χ2n) is 11.7. The molecule has 13 nitrogen and oxygen atoms in total. The van der Waals surface area contributed by atoms with Crippen molar-refractivity contribution in [1.29, 1.82) is 0 Å². The smallest absolute Gasteiger partial charge is 0.254 e. The van der Waals surface area contributed by atoms with Gasteiger partial charge in [0.15, 0.2) is 11.5 Å². The van der Waals surface area contributed by atoms with E-state index in [0.29, 0.717) is 18.6 Å². The maximum absolute atomic E-state index is 14.2. The average Bonchev–Trinajstić information content (AvgIpc) is 3.85. The molecule has 1 aliphatic heterocycles. The second kappa shape index (κ2) is 15.6. The van der Waals surface area contributed by atoms with E-state index in [1.807, 2.05) is 13.8 Å². The Morgan fingerprint density at radius 1 is 0.977 bits per heavy atom. The van der Waals surface area contributed by atoms with E-state index in [9.17, 15) is 34.8 Å². The highest BCUT2D eigenvalue weighted by Gasteiger charge is 2.39. The molecule has 1 heterocycles. The summed E-state index contributed by atoms with van der Waals surface area (Å²) >= 11 is 0. The molecule has 1 saturated heterocycles. The number of ether oxygens (including phenoxy) is 3. The number of carbonyl (C=O) groups excluding carboxylic acids is 3. The van der Waals surface area contributed by atoms with Gasteiger partial charge in [-0.3, -0.25) is 14.4 Å². The Balaban J connectivity index is 2.03. The summed E-state index contributed by atoms with van der Waals surface area (Å²) in [5.74, 6) is -0.563. The first-order valence-electron chi connectivity index (χ1n) is 14.8. The first kappa shape index (κ1) is 34.4. The van der Waals surface area contributed by atoms with Crippen molar-refractivity contribution in [2.45, 2.75) is 76.3 Å². The first-order chi connectivity index (χ1) is 20.5. The van der Waals surface area contributed by atoms with Gasteiger partial charge in [0.1, 0.15) is 24.4 Å². The lowest BCUT2D eigenvalue weighted by Crippen LogP contribution is -2.59. The summed E-state index contributed by atoms with van der Waals surface area (Å²) in [5.41, 5.74) is 0.194. The molecule has 1 aromatic carbocycles. The van der Waals surface area contributed by atoms with E-state index >= 15 is 0 Å². The summed E-state index contributed by atoms with van der Waals surface area (Å²) in [5, 5.41) is 44.9. The Morgan fingerprint density at radius 3 is 2.09 bits per heavy atom. The fourth-order valence-corrected chi connectivity index (χ4v) is 5.37. The molecule has 0 bridgehead atoms. The van der Waals surface area contributed by atoms with Crippen molar-refractivity contribution in [2.24, 2.45) is 11.8 Å². The number of methoxy groups -OCH3 is 3. The Morgan fingerprint density at radius 2 is 1.58 bits per heavy atom. The molecule has 0 unspecified atom stereocenters. The Bertz CT molecular complexity index is 1090. The van der Waals surface area contributed by atoms with E-state index < -0.39 is 48.8 Å². The predicted molar refractivity (Wildman–Crippen MR) is 156 cm³/mol. The normalized spacial score (nSPS) is 26.0. The standard InChI is InChI=1S/C30H47N3O10/c1-17(2)12-21-28(38)31-20(16-34)25(36)26(37)22(35)15-32(29(39)18-8-9-18)10-6-7-11-33(21)30(40)19-13-23(41-3)27(43-5)24(14-19)42-4/h13-14,17-18,20-22,25-26,34-37H,6-12,15-16H2,1-5H3,(H,31,38)/t20-,21-,22-,25+,26+/m0/s1. The molecule has 0 aromatic heterocycles. The highest BCUT2D eigenvalue weighted by atomic mass is 16.5. The second-order valence-corrected chi connectivity index (χ2v) is 11.7. The third-order valence-electron chi connectivity index (χ3n) is 7.95. The maximum Gasteiger partial charge on any atom is 0.254 e. The van der Waals surface area contributed by atoms with E-state index in [1.54, 1.807) is 0 Å². The summed E-state index contributed by atoms with van der Waals surface area (Å²) in [7, 11) is 4.32. The number of aliphatic hydroxyl groups excluding tert-OH is 4. The third-order valence-corrected chi connectivity index (χ3v) is 7.95. The molecular formula is C30H47N3O10. The van der Waals surface area contributed by atoms with Crippen molar-refractivity contribution in [3.8, 4) is 17.2 Å². The number of amides is 3. The van der Waals surface area contributed by atoms with Gasteiger partial charge in [-0.15, -0.1) is 0 Å². The van der Waals surface area contributed by atoms with Gasteiger partial charge in [-0.1, -0.05) is 13.8 Å². The third kappa shape index (κ3) is 8.49. The number of hydrogen-bond donors (Lipinski definition) is 5. The number of carbonyl (C=O) groups is 3. The molecule has 242 valence electrons. The van der Waals surface area contributed by atoms with Crippen LogP contribution in [-0.4, -0.2) is 126 Å². The lowest BCUT2D eigenvalue weighted by atomic mass is 9.97. The number of hydrogen-bond acceptors (Lipinski definition) is 10. The lowest BCUT2D eigenvalue weighted by molar-refractivity contribution is -0.138. The van der Waals surface area contributed by atoms with Crippen LogP contribution < -0.4 is 19.5 Å². The van der Waals surface area contributed by atoms with E-state index in [2.05, 4.69) is 5.32 Å². The zero-order chi connectivity index (χ0) is 31.8. The van der Waals surface area contributed by atoms with Crippen LogP contribution in [0.3, 0.4) is 0 Å². The monoisotopic (exact) mass is 609 g/mol. The molecule has 1 saturated carbocycles. The minimum atomic E-state index is -1.75.